The van der Waals surface area contributed by atoms with E-state index in [0.29, 0.717) is 34.2 Å². The quantitative estimate of drug-likeness (QED) is 0.0776. The molecule has 0 saturated carbocycles. The Morgan fingerprint density at radius 3 is 1.03 bits per heavy atom. The summed E-state index contributed by atoms with van der Waals surface area (Å²) in [6, 6.07) is 76.2. The summed E-state index contributed by atoms with van der Waals surface area (Å²) in [5.74, 6) is -0.282. The van der Waals surface area contributed by atoms with Gasteiger partial charge in [0, 0.05) is 22.3 Å². The fourth-order valence-electron chi connectivity index (χ4n) is 8.80. The Kier molecular flexibility index (Phi) is 11.7. The van der Waals surface area contributed by atoms with Crippen molar-refractivity contribution >= 4 is 29.2 Å². The third kappa shape index (κ3) is 9.03. The van der Waals surface area contributed by atoms with E-state index in [-0.39, 0.29) is 11.1 Å². The number of hydrogen-bond donors (Lipinski definition) is 0. The molecular weight excluding hydrogens is 861 g/mol. The number of Topliss-reactive ketones (excluding diaryl/α,β-unsaturated/α-hetero) is 2. The van der Waals surface area contributed by atoms with Gasteiger partial charge in [-0.15, -0.1) is 0 Å². The van der Waals surface area contributed by atoms with Crippen LogP contribution in [0.4, 0.5) is 0 Å². The molecule has 70 heavy (non-hydrogen) atoms. The molecule has 2 heterocycles. The number of benzene rings is 8. The van der Waals surface area contributed by atoms with Crippen LogP contribution in [0.3, 0.4) is 0 Å². The van der Waals surface area contributed by atoms with Gasteiger partial charge in [-0.25, -0.2) is 4.42 Å². The highest BCUT2D eigenvalue weighted by Gasteiger charge is 2.31. The first-order valence-corrected chi connectivity index (χ1v) is 23.1. The molecule has 9 aromatic rings. The second-order valence-corrected chi connectivity index (χ2v) is 17.1. The number of hydrogen-bond acceptors (Lipinski definition) is 4. The molecular formula is C65H42O5. The van der Waals surface area contributed by atoms with E-state index in [1.165, 1.54) is 12.2 Å². The van der Waals surface area contributed by atoms with Crippen molar-refractivity contribution in [1.29, 1.82) is 0 Å². The summed E-state index contributed by atoms with van der Waals surface area (Å²) in [7, 11) is 0. The first-order valence-electron chi connectivity index (χ1n) is 23.1. The summed E-state index contributed by atoms with van der Waals surface area (Å²) < 4.78 is 13.2. The van der Waals surface area contributed by atoms with Crippen molar-refractivity contribution in [1.82, 2.24) is 0 Å². The van der Waals surface area contributed by atoms with Gasteiger partial charge in [0.15, 0.2) is 0 Å². The van der Waals surface area contributed by atoms with Crippen LogP contribution >= 0.6 is 0 Å². The van der Waals surface area contributed by atoms with Crippen LogP contribution in [-0.4, -0.2) is 11.6 Å². The highest BCUT2D eigenvalue weighted by Crippen LogP contribution is 2.37. The van der Waals surface area contributed by atoms with Crippen molar-refractivity contribution in [2.24, 2.45) is 0 Å². The highest BCUT2D eigenvalue weighted by molar-refractivity contribution is 6.54. The zero-order valence-corrected chi connectivity index (χ0v) is 37.8. The van der Waals surface area contributed by atoms with Crippen LogP contribution in [0.15, 0.2) is 276 Å². The van der Waals surface area contributed by atoms with Crippen molar-refractivity contribution in [2.75, 3.05) is 0 Å². The zero-order valence-electron chi connectivity index (χ0n) is 37.8. The second kappa shape index (κ2) is 19.0. The molecule has 0 fully saturated rings. The molecule has 0 saturated heterocycles. The SMILES string of the molecule is O=C1C(=O)/C(=C\c2cc(-c3ccc(-c4ccccc4)cc3)[o+]c(-c3ccc(-c4ccccc4)cc3)c2)C([O-])=C1C=C1C=C(c2ccc(-c3ccccc3)cc2)OC(c2ccc(-c3ccccc3)cc2)=C1. The molecule has 0 unspecified atom stereocenters. The predicted octanol–water partition coefficient (Wildman–Crippen LogP) is 14.8. The topological polar surface area (TPSA) is 77.7 Å². The number of rotatable bonds is 10. The van der Waals surface area contributed by atoms with Crippen molar-refractivity contribution < 1.29 is 23.8 Å². The lowest BCUT2D eigenvalue weighted by molar-refractivity contribution is -0.296. The summed E-state index contributed by atoms with van der Waals surface area (Å²) in [5, 5.41) is 14.4. The summed E-state index contributed by atoms with van der Waals surface area (Å²) in [5.41, 5.74) is 12.4. The van der Waals surface area contributed by atoms with E-state index in [4.69, 9.17) is 9.15 Å². The van der Waals surface area contributed by atoms with E-state index in [0.717, 1.165) is 66.8 Å². The largest absolute Gasteiger partial charge is 0.871 e. The number of allylic oxidation sites excluding steroid dienone is 6. The van der Waals surface area contributed by atoms with Gasteiger partial charge in [-0.05, 0) is 104 Å². The molecule has 1 aliphatic carbocycles. The lowest BCUT2D eigenvalue weighted by Gasteiger charge is -2.20. The van der Waals surface area contributed by atoms with Crippen LogP contribution < -0.4 is 5.11 Å². The van der Waals surface area contributed by atoms with E-state index in [1.807, 2.05) is 170 Å². The average molecular weight is 903 g/mol. The van der Waals surface area contributed by atoms with Gasteiger partial charge in [0.25, 0.3) is 0 Å². The van der Waals surface area contributed by atoms with E-state index >= 15 is 0 Å². The van der Waals surface area contributed by atoms with Gasteiger partial charge in [0.2, 0.25) is 11.6 Å². The van der Waals surface area contributed by atoms with Gasteiger partial charge in [-0.2, -0.15) is 0 Å². The minimum Gasteiger partial charge on any atom is -0.871 e. The van der Waals surface area contributed by atoms with Gasteiger partial charge < -0.3 is 9.84 Å². The third-order valence-corrected chi connectivity index (χ3v) is 12.5. The molecule has 5 nitrogen and oxygen atoms in total. The molecule has 8 aromatic carbocycles. The number of ether oxygens (including phenoxy) is 1. The Morgan fingerprint density at radius 1 is 0.357 bits per heavy atom. The standard InChI is InChI=1S/C65H42O5/c66-63-57(37-43-39-59(53-29-21-49(22-30-53)45-13-5-1-6-14-45)69-60(40-43)54-31-23-50(24-32-54)46-15-7-2-8-16-46)64(67)65(68)58(63)38-44-41-61(55-33-25-51(26-34-55)47-17-9-3-10-18-47)70-62(42-44)56-35-27-52(28-36-56)48-19-11-4-12-20-48/h1-42H. The first-order chi connectivity index (χ1) is 34.4. The fourth-order valence-corrected chi connectivity index (χ4v) is 8.80. The fraction of sp³-hybridized carbons (Fsp3) is 0. The normalized spacial score (nSPS) is 14.1. The van der Waals surface area contributed by atoms with Crippen LogP contribution in [0.2, 0.25) is 0 Å². The predicted molar refractivity (Wildman–Crippen MR) is 279 cm³/mol. The molecule has 0 atom stereocenters. The Morgan fingerprint density at radius 2 is 0.671 bits per heavy atom. The van der Waals surface area contributed by atoms with Crippen LogP contribution in [-0.2, 0) is 14.3 Å². The van der Waals surface area contributed by atoms with Crippen LogP contribution in [0.1, 0.15) is 16.7 Å². The Labute approximate surface area is 406 Å². The lowest BCUT2D eigenvalue weighted by atomic mass is 9.99. The molecule has 1 aromatic heterocycles. The maximum absolute atomic E-state index is 14.4. The van der Waals surface area contributed by atoms with Crippen molar-refractivity contribution in [2.45, 2.75) is 0 Å². The number of carbonyl (C=O) groups excluding carboxylic acids is 2. The van der Waals surface area contributed by atoms with Crippen LogP contribution in [0.25, 0.3) is 84.7 Å². The van der Waals surface area contributed by atoms with E-state index in [9.17, 15) is 14.7 Å². The number of carbonyl (C=O) groups is 2. The molecule has 0 amide bonds. The molecule has 0 bridgehead atoms. The van der Waals surface area contributed by atoms with Gasteiger partial charge in [-0.1, -0.05) is 200 Å². The van der Waals surface area contributed by atoms with Gasteiger partial charge in [0.1, 0.15) is 11.5 Å². The van der Waals surface area contributed by atoms with Gasteiger partial charge >= 0.3 is 11.5 Å². The Balaban J connectivity index is 0.978. The maximum atomic E-state index is 14.4. The van der Waals surface area contributed by atoms with Crippen molar-refractivity contribution in [3.05, 3.63) is 288 Å². The molecule has 0 spiro atoms. The molecule has 2 aliphatic rings. The molecule has 0 N–H and O–H groups in total. The highest BCUT2D eigenvalue weighted by atomic mass is 16.5. The molecule has 11 rings (SSSR count). The monoisotopic (exact) mass is 902 g/mol. The Hall–Kier alpha value is -9.45. The smallest absolute Gasteiger partial charge is 0.361 e. The van der Waals surface area contributed by atoms with Crippen LogP contribution in [0.5, 0.6) is 0 Å². The van der Waals surface area contributed by atoms with Gasteiger partial charge in [-0.3, -0.25) is 9.59 Å². The minimum absolute atomic E-state index is 0.215. The molecule has 1 aliphatic heterocycles. The molecule has 0 radical (unpaired) electrons. The number of ketones is 2. The second-order valence-electron chi connectivity index (χ2n) is 17.1. The van der Waals surface area contributed by atoms with Gasteiger partial charge in [0.05, 0.1) is 23.3 Å². The average Bonchev–Trinajstić information content (AvgIpc) is 3.63. The summed E-state index contributed by atoms with van der Waals surface area (Å²) in [4.78, 5) is 27.9. The lowest BCUT2D eigenvalue weighted by Crippen LogP contribution is -2.10. The maximum Gasteiger partial charge on any atom is 0.361 e. The zero-order chi connectivity index (χ0) is 47.4. The van der Waals surface area contributed by atoms with Crippen molar-refractivity contribution in [3.8, 4) is 67.2 Å². The summed E-state index contributed by atoms with van der Waals surface area (Å²) in [6.07, 6.45) is 6.59. The van der Waals surface area contributed by atoms with E-state index in [1.54, 1.807) is 24.3 Å². The third-order valence-electron chi connectivity index (χ3n) is 12.5. The van der Waals surface area contributed by atoms with E-state index in [2.05, 4.69) is 48.5 Å². The van der Waals surface area contributed by atoms with Crippen LogP contribution in [0, 0.1) is 0 Å². The minimum atomic E-state index is -0.867. The van der Waals surface area contributed by atoms with E-state index < -0.39 is 17.3 Å². The summed E-state index contributed by atoms with van der Waals surface area (Å²) >= 11 is 0. The molecule has 5 heteroatoms. The summed E-state index contributed by atoms with van der Waals surface area (Å²) in [6.45, 7) is 0. The Bertz CT molecular complexity index is 3360. The molecule has 332 valence electrons. The first kappa shape index (κ1) is 43.1. The van der Waals surface area contributed by atoms with Crippen molar-refractivity contribution in [3.63, 3.8) is 0 Å².